The van der Waals surface area contributed by atoms with Gasteiger partial charge in [-0.3, -0.25) is 0 Å². The molecule has 0 atom stereocenters. The zero-order valence-electron chi connectivity index (χ0n) is 32.0. The first kappa shape index (κ1) is 35.1. The lowest BCUT2D eigenvalue weighted by Gasteiger charge is -2.31. The van der Waals surface area contributed by atoms with E-state index in [4.69, 9.17) is 4.74 Å². The van der Waals surface area contributed by atoms with Crippen LogP contribution in [0.25, 0.3) is 33.4 Å². The van der Waals surface area contributed by atoms with E-state index in [1.54, 1.807) is 7.11 Å². The molecule has 2 heteroatoms. The second kappa shape index (κ2) is 14.3. The highest BCUT2D eigenvalue weighted by Gasteiger charge is 2.47. The summed E-state index contributed by atoms with van der Waals surface area (Å²) in [5.41, 5.74) is 14.1. The highest BCUT2D eigenvalue weighted by Crippen LogP contribution is 2.56. The van der Waals surface area contributed by atoms with Crippen LogP contribution in [0, 0.1) is 23.7 Å². The Morgan fingerprint density at radius 3 is 1.22 bits per heavy atom. The van der Waals surface area contributed by atoms with Gasteiger partial charge >= 0.3 is 0 Å². The van der Waals surface area contributed by atoms with E-state index < -0.39 is 10.8 Å². The van der Waals surface area contributed by atoms with Gasteiger partial charge in [0.15, 0.2) is 0 Å². The fraction of sp³-hybridized carbons (Fsp3) is 0.0714. The third-order valence-corrected chi connectivity index (χ3v) is 11.9. The average Bonchev–Trinajstić information content (AvgIpc) is 3.76. The van der Waals surface area contributed by atoms with Crippen molar-refractivity contribution in [2.24, 2.45) is 0 Å². The SMILES string of the molecule is COc1ccc(-c2ccc(CO)c(C3(C#Cc4ccccc4)c4ccccc4-c4ccccc43)c2)cc1C1(C#Cc2ccccc2)c2ccccc2-c2ccccc21. The molecule has 1 N–H and O–H groups in total. The highest BCUT2D eigenvalue weighted by molar-refractivity contribution is 5.89. The van der Waals surface area contributed by atoms with Crippen molar-refractivity contribution in [1.82, 2.24) is 0 Å². The minimum atomic E-state index is -0.849. The molecule has 2 aliphatic rings. The lowest BCUT2D eigenvalue weighted by molar-refractivity contribution is 0.280. The number of ether oxygens (including phenoxy) is 1. The van der Waals surface area contributed by atoms with Crippen LogP contribution in [0.15, 0.2) is 194 Å². The Hall–Kier alpha value is -7.36. The first-order valence-electron chi connectivity index (χ1n) is 19.6. The number of aliphatic hydroxyl groups excluding tert-OH is 1. The summed E-state index contributed by atoms with van der Waals surface area (Å²) >= 11 is 0. The van der Waals surface area contributed by atoms with Gasteiger partial charge in [0.25, 0.3) is 0 Å². The Kier molecular flexibility index (Phi) is 8.65. The molecule has 274 valence electrons. The molecule has 0 spiro atoms. The van der Waals surface area contributed by atoms with Gasteiger partial charge in [-0.05, 0) is 109 Å². The van der Waals surface area contributed by atoms with Crippen LogP contribution in [0.4, 0.5) is 0 Å². The lowest BCUT2D eigenvalue weighted by atomic mass is 9.70. The maximum Gasteiger partial charge on any atom is 0.124 e. The Morgan fingerprint density at radius 1 is 0.414 bits per heavy atom. The van der Waals surface area contributed by atoms with E-state index in [1.165, 1.54) is 11.1 Å². The van der Waals surface area contributed by atoms with Crippen LogP contribution in [-0.4, -0.2) is 12.2 Å². The monoisotopic (exact) mass is 742 g/mol. The van der Waals surface area contributed by atoms with Crippen LogP contribution >= 0.6 is 0 Å². The van der Waals surface area contributed by atoms with Gasteiger partial charge in [-0.25, -0.2) is 0 Å². The van der Waals surface area contributed by atoms with E-state index in [0.717, 1.165) is 78.1 Å². The smallest absolute Gasteiger partial charge is 0.124 e. The van der Waals surface area contributed by atoms with Crippen molar-refractivity contribution >= 4 is 0 Å². The average molecular weight is 743 g/mol. The highest BCUT2D eigenvalue weighted by atomic mass is 16.5. The van der Waals surface area contributed by atoms with Crippen molar-refractivity contribution in [3.8, 4) is 62.8 Å². The predicted octanol–water partition coefficient (Wildman–Crippen LogP) is 11.6. The molecule has 2 aliphatic carbocycles. The van der Waals surface area contributed by atoms with Gasteiger partial charge < -0.3 is 9.84 Å². The standard InChI is InChI=1S/C56H38O2/c1-58-54-31-30-42(37-53(54)56(35-33-40-18-6-3-7-19-40)50-26-14-10-22-46(50)47-23-11-15-27-51(47)56)41-28-29-43(38-57)52(36-41)55(34-32-39-16-4-2-5-17-39)48-24-12-8-20-44(48)45-21-9-13-25-49(45)55/h2-31,36-37,57H,38H2,1H3. The third-order valence-electron chi connectivity index (χ3n) is 11.9. The molecule has 0 aliphatic heterocycles. The van der Waals surface area contributed by atoms with Crippen LogP contribution in [-0.2, 0) is 17.4 Å². The van der Waals surface area contributed by atoms with Crippen molar-refractivity contribution < 1.29 is 9.84 Å². The number of rotatable bonds is 5. The zero-order valence-corrected chi connectivity index (χ0v) is 32.0. The molecule has 0 unspecified atom stereocenters. The Bertz CT molecular complexity index is 2690. The molecule has 0 fully saturated rings. The van der Waals surface area contributed by atoms with Crippen molar-refractivity contribution in [2.75, 3.05) is 7.11 Å². The van der Waals surface area contributed by atoms with Gasteiger partial charge in [-0.2, -0.15) is 0 Å². The van der Waals surface area contributed by atoms with Gasteiger partial charge in [-0.15, -0.1) is 0 Å². The van der Waals surface area contributed by atoms with E-state index in [9.17, 15) is 5.11 Å². The second-order valence-electron chi connectivity index (χ2n) is 14.9. The van der Waals surface area contributed by atoms with Gasteiger partial charge in [-0.1, -0.05) is 175 Å². The summed E-state index contributed by atoms with van der Waals surface area (Å²) in [6.45, 7) is -0.131. The molecule has 2 nitrogen and oxygen atoms in total. The number of benzene rings is 8. The largest absolute Gasteiger partial charge is 0.496 e. The van der Waals surface area contributed by atoms with Crippen LogP contribution in [0.3, 0.4) is 0 Å². The number of methoxy groups -OCH3 is 1. The molecular formula is C56H38O2. The molecule has 0 saturated carbocycles. The van der Waals surface area contributed by atoms with Crippen LogP contribution in [0.5, 0.6) is 5.75 Å². The van der Waals surface area contributed by atoms with Crippen molar-refractivity contribution in [3.63, 3.8) is 0 Å². The Balaban J connectivity index is 1.24. The molecule has 0 heterocycles. The molecule has 0 aromatic heterocycles. The summed E-state index contributed by atoms with van der Waals surface area (Å²) < 4.78 is 6.25. The molecule has 8 aromatic carbocycles. The fourth-order valence-corrected chi connectivity index (χ4v) is 9.25. The molecular weight excluding hydrogens is 705 g/mol. The summed E-state index contributed by atoms with van der Waals surface area (Å²) in [5.74, 6) is 15.6. The quantitative estimate of drug-likeness (QED) is 0.178. The minimum Gasteiger partial charge on any atom is -0.496 e. The summed E-state index contributed by atoms with van der Waals surface area (Å²) in [4.78, 5) is 0. The molecule has 58 heavy (non-hydrogen) atoms. The van der Waals surface area contributed by atoms with E-state index >= 15 is 0 Å². The van der Waals surface area contributed by atoms with Crippen molar-refractivity contribution in [3.05, 3.63) is 244 Å². The maximum absolute atomic E-state index is 11.1. The van der Waals surface area contributed by atoms with Crippen molar-refractivity contribution in [1.29, 1.82) is 0 Å². The van der Waals surface area contributed by atoms with Crippen LogP contribution < -0.4 is 4.74 Å². The minimum absolute atomic E-state index is 0.131. The number of hydrogen-bond donors (Lipinski definition) is 1. The zero-order chi connectivity index (χ0) is 39.1. The Labute approximate surface area is 340 Å². The van der Waals surface area contributed by atoms with E-state index in [1.807, 2.05) is 48.5 Å². The number of aliphatic hydroxyl groups is 1. The molecule has 8 aromatic rings. The van der Waals surface area contributed by atoms with Gasteiger partial charge in [0.1, 0.15) is 16.6 Å². The molecule has 10 rings (SSSR count). The molecule has 0 saturated heterocycles. The van der Waals surface area contributed by atoms with E-state index in [-0.39, 0.29) is 6.61 Å². The third kappa shape index (κ3) is 5.43. The van der Waals surface area contributed by atoms with Gasteiger partial charge in [0.2, 0.25) is 0 Å². The first-order chi connectivity index (χ1) is 28.7. The van der Waals surface area contributed by atoms with Crippen molar-refractivity contribution in [2.45, 2.75) is 17.4 Å². The fourth-order valence-electron chi connectivity index (χ4n) is 9.25. The maximum atomic E-state index is 11.1. The second-order valence-corrected chi connectivity index (χ2v) is 14.9. The van der Waals surface area contributed by atoms with E-state index in [2.05, 4.69) is 169 Å². The van der Waals surface area contributed by atoms with E-state index in [0.29, 0.717) is 0 Å². The Morgan fingerprint density at radius 2 is 0.793 bits per heavy atom. The summed E-state index contributed by atoms with van der Waals surface area (Å²) in [6.07, 6.45) is 0. The summed E-state index contributed by atoms with van der Waals surface area (Å²) in [6, 6.07) is 67.6. The van der Waals surface area contributed by atoms with Gasteiger partial charge in [0.05, 0.1) is 13.7 Å². The van der Waals surface area contributed by atoms with Gasteiger partial charge in [0, 0.05) is 16.7 Å². The summed E-state index contributed by atoms with van der Waals surface area (Å²) in [5, 5.41) is 11.1. The molecule has 0 bridgehead atoms. The lowest BCUT2D eigenvalue weighted by Crippen LogP contribution is -2.27. The number of fused-ring (bicyclic) bond motifs is 6. The molecule has 0 radical (unpaired) electrons. The normalized spacial score (nSPS) is 13.4. The first-order valence-corrected chi connectivity index (χ1v) is 19.6. The van der Waals surface area contributed by atoms with Crippen LogP contribution in [0.2, 0.25) is 0 Å². The van der Waals surface area contributed by atoms with Crippen LogP contribution in [0.1, 0.15) is 50.1 Å². The summed E-state index contributed by atoms with van der Waals surface area (Å²) in [7, 11) is 1.74. The number of hydrogen-bond acceptors (Lipinski definition) is 2. The molecule has 0 amide bonds. The topological polar surface area (TPSA) is 29.5 Å². The predicted molar refractivity (Wildman–Crippen MR) is 235 cm³/mol.